The van der Waals surface area contributed by atoms with Crippen LogP contribution >= 0.6 is 0 Å². The van der Waals surface area contributed by atoms with Crippen molar-refractivity contribution in [1.29, 1.82) is 0 Å². The summed E-state index contributed by atoms with van der Waals surface area (Å²) in [6.07, 6.45) is 3.17. The van der Waals surface area contributed by atoms with Gasteiger partial charge in [0.2, 0.25) is 10.0 Å². The molecule has 1 aromatic heterocycles. The van der Waals surface area contributed by atoms with Crippen LogP contribution in [0.2, 0.25) is 0 Å². The van der Waals surface area contributed by atoms with Crippen LogP contribution < -0.4 is 4.72 Å². The third kappa shape index (κ3) is 2.69. The van der Waals surface area contributed by atoms with Gasteiger partial charge in [0.15, 0.2) is 0 Å². The molecule has 0 amide bonds. The van der Waals surface area contributed by atoms with Gasteiger partial charge in [0.25, 0.3) is 0 Å². The highest BCUT2D eigenvalue weighted by molar-refractivity contribution is 7.89. The molecule has 0 spiro atoms. The first-order valence-electron chi connectivity index (χ1n) is 5.30. The fraction of sp³-hybridized carbons (Fsp3) is 0.182. The van der Waals surface area contributed by atoms with E-state index in [1.54, 1.807) is 19.3 Å². The Morgan fingerprint density at radius 3 is 2.83 bits per heavy atom. The van der Waals surface area contributed by atoms with Gasteiger partial charge in [-0.1, -0.05) is 6.07 Å². The fourth-order valence-electron chi connectivity index (χ4n) is 1.52. The Morgan fingerprint density at radius 1 is 1.44 bits per heavy atom. The Morgan fingerprint density at radius 2 is 2.22 bits per heavy atom. The molecule has 1 atom stereocenters. The molecule has 0 aliphatic rings. The Labute approximate surface area is 105 Å². The molecule has 0 radical (unpaired) electrons. The zero-order valence-electron chi connectivity index (χ0n) is 9.66. The Balaban J connectivity index is 2.22. The van der Waals surface area contributed by atoms with Crippen molar-refractivity contribution in [2.24, 2.45) is 0 Å². The summed E-state index contributed by atoms with van der Waals surface area (Å²) in [6, 6.07) is 5.01. The number of sulfonamides is 1. The van der Waals surface area contributed by atoms with Crippen LogP contribution in [-0.4, -0.2) is 23.5 Å². The highest BCUT2D eigenvalue weighted by Crippen LogP contribution is 2.18. The molecule has 0 aliphatic heterocycles. The maximum atomic E-state index is 12.0. The lowest BCUT2D eigenvalue weighted by molar-refractivity contribution is 0.473. The zero-order chi connectivity index (χ0) is 13.2. The van der Waals surface area contributed by atoms with Crippen molar-refractivity contribution < 1.29 is 13.5 Å². The van der Waals surface area contributed by atoms with Gasteiger partial charge in [0, 0.05) is 12.4 Å². The number of aromatic hydroxyl groups is 1. The van der Waals surface area contributed by atoms with Crippen molar-refractivity contribution in [1.82, 2.24) is 14.7 Å². The molecule has 0 fully saturated rings. The molecule has 96 valence electrons. The van der Waals surface area contributed by atoms with E-state index in [4.69, 9.17) is 0 Å². The summed E-state index contributed by atoms with van der Waals surface area (Å²) >= 11 is 0. The predicted octanol–water partition coefficient (Wildman–Crippen LogP) is 1.15. The lowest BCUT2D eigenvalue weighted by Gasteiger charge is -2.12. The van der Waals surface area contributed by atoms with Crippen LogP contribution in [0.4, 0.5) is 0 Å². The molecule has 1 heterocycles. The molecular weight excluding hydrogens is 254 g/mol. The van der Waals surface area contributed by atoms with Gasteiger partial charge in [-0.2, -0.15) is 0 Å². The Kier molecular flexibility index (Phi) is 3.35. The number of phenolic OH excluding ortho intramolecular Hbond substituents is 1. The summed E-state index contributed by atoms with van der Waals surface area (Å²) in [5.41, 5.74) is 0. The number of rotatable bonds is 4. The molecule has 0 bridgehead atoms. The van der Waals surface area contributed by atoms with Crippen LogP contribution in [0.3, 0.4) is 0 Å². The highest BCUT2D eigenvalue weighted by Gasteiger charge is 2.19. The van der Waals surface area contributed by atoms with Crippen LogP contribution in [0.5, 0.6) is 5.75 Å². The second-order valence-corrected chi connectivity index (χ2v) is 5.53. The topological polar surface area (TPSA) is 95.1 Å². The first-order chi connectivity index (χ1) is 8.49. The average molecular weight is 267 g/mol. The van der Waals surface area contributed by atoms with Gasteiger partial charge in [-0.3, -0.25) is 0 Å². The van der Waals surface area contributed by atoms with Crippen LogP contribution in [0.15, 0.2) is 41.6 Å². The number of benzene rings is 1. The maximum absolute atomic E-state index is 12.0. The molecule has 0 saturated carbocycles. The molecule has 1 unspecified atom stereocenters. The molecule has 18 heavy (non-hydrogen) atoms. The van der Waals surface area contributed by atoms with Gasteiger partial charge < -0.3 is 10.1 Å². The molecular formula is C11H13N3O3S. The van der Waals surface area contributed by atoms with Crippen molar-refractivity contribution in [2.45, 2.75) is 17.9 Å². The van der Waals surface area contributed by atoms with Crippen LogP contribution in [-0.2, 0) is 10.0 Å². The molecule has 1 aromatic carbocycles. The molecule has 6 nitrogen and oxygen atoms in total. The Bertz CT molecular complexity index is 623. The van der Waals surface area contributed by atoms with Crippen molar-refractivity contribution in [3.8, 4) is 5.75 Å². The smallest absolute Gasteiger partial charge is 0.241 e. The summed E-state index contributed by atoms with van der Waals surface area (Å²) in [6.45, 7) is 1.68. The van der Waals surface area contributed by atoms with E-state index >= 15 is 0 Å². The standard InChI is InChI=1S/C11H13N3O3S/c1-8(11-12-5-6-13-11)14-18(16,17)10-4-2-3-9(15)7-10/h2-8,14-15H,1H3,(H,12,13). The van der Waals surface area contributed by atoms with Gasteiger partial charge in [-0.05, 0) is 25.1 Å². The average Bonchev–Trinajstić information content (AvgIpc) is 2.82. The minimum Gasteiger partial charge on any atom is -0.508 e. The Hall–Kier alpha value is -1.86. The molecule has 0 aliphatic carbocycles. The van der Waals surface area contributed by atoms with Crippen molar-refractivity contribution >= 4 is 10.0 Å². The monoisotopic (exact) mass is 267 g/mol. The number of aromatic amines is 1. The highest BCUT2D eigenvalue weighted by atomic mass is 32.2. The first kappa shape index (κ1) is 12.6. The number of phenols is 1. The quantitative estimate of drug-likeness (QED) is 0.774. The summed E-state index contributed by atoms with van der Waals surface area (Å²) < 4.78 is 26.5. The number of imidazole rings is 1. The largest absolute Gasteiger partial charge is 0.508 e. The van der Waals surface area contributed by atoms with Crippen molar-refractivity contribution in [3.05, 3.63) is 42.5 Å². The van der Waals surface area contributed by atoms with Gasteiger partial charge in [-0.15, -0.1) is 0 Å². The van der Waals surface area contributed by atoms with Crippen LogP contribution in [0.1, 0.15) is 18.8 Å². The normalized spacial score (nSPS) is 13.4. The third-order valence-electron chi connectivity index (χ3n) is 2.39. The van der Waals surface area contributed by atoms with Crippen molar-refractivity contribution in [3.63, 3.8) is 0 Å². The van der Waals surface area contributed by atoms with Crippen LogP contribution in [0.25, 0.3) is 0 Å². The van der Waals surface area contributed by atoms with Gasteiger partial charge >= 0.3 is 0 Å². The number of H-pyrrole nitrogens is 1. The van der Waals surface area contributed by atoms with Gasteiger partial charge in [0.1, 0.15) is 11.6 Å². The lowest BCUT2D eigenvalue weighted by atomic mass is 10.3. The number of hydrogen-bond donors (Lipinski definition) is 3. The first-order valence-corrected chi connectivity index (χ1v) is 6.78. The maximum Gasteiger partial charge on any atom is 0.241 e. The van der Waals surface area contributed by atoms with E-state index in [1.165, 1.54) is 24.3 Å². The SMILES string of the molecule is CC(NS(=O)(=O)c1cccc(O)c1)c1ncc[nH]1. The van der Waals surface area contributed by atoms with Gasteiger partial charge in [-0.25, -0.2) is 18.1 Å². The molecule has 0 saturated heterocycles. The van der Waals surface area contributed by atoms with E-state index < -0.39 is 16.1 Å². The number of aromatic nitrogens is 2. The molecule has 7 heteroatoms. The molecule has 2 rings (SSSR count). The number of nitrogens with zero attached hydrogens (tertiary/aromatic N) is 1. The van der Waals surface area contributed by atoms with E-state index in [-0.39, 0.29) is 10.6 Å². The zero-order valence-corrected chi connectivity index (χ0v) is 10.5. The minimum absolute atomic E-state index is 0.0147. The van der Waals surface area contributed by atoms with Gasteiger partial charge in [0.05, 0.1) is 10.9 Å². The minimum atomic E-state index is -3.68. The predicted molar refractivity (Wildman–Crippen MR) is 65.4 cm³/mol. The second kappa shape index (κ2) is 4.79. The lowest BCUT2D eigenvalue weighted by Crippen LogP contribution is -2.27. The summed E-state index contributed by atoms with van der Waals surface area (Å²) in [4.78, 5) is 6.83. The van der Waals surface area contributed by atoms with Crippen molar-refractivity contribution in [2.75, 3.05) is 0 Å². The fourth-order valence-corrected chi connectivity index (χ4v) is 2.77. The second-order valence-electron chi connectivity index (χ2n) is 3.81. The summed E-state index contributed by atoms with van der Waals surface area (Å²) in [5, 5.41) is 9.28. The third-order valence-corrected chi connectivity index (χ3v) is 3.93. The summed E-state index contributed by atoms with van der Waals surface area (Å²) in [5.74, 6) is 0.433. The number of nitrogens with one attached hydrogen (secondary N) is 2. The molecule has 2 aromatic rings. The molecule has 3 N–H and O–H groups in total. The van der Waals surface area contributed by atoms with E-state index in [1.807, 2.05) is 0 Å². The van der Waals surface area contributed by atoms with Crippen LogP contribution in [0, 0.1) is 0 Å². The van der Waals surface area contributed by atoms with E-state index in [9.17, 15) is 13.5 Å². The number of hydrogen-bond acceptors (Lipinski definition) is 4. The van der Waals surface area contributed by atoms with E-state index in [0.29, 0.717) is 5.82 Å². The summed E-state index contributed by atoms with van der Waals surface area (Å²) in [7, 11) is -3.68. The van der Waals surface area contributed by atoms with E-state index in [2.05, 4.69) is 14.7 Å². The van der Waals surface area contributed by atoms with E-state index in [0.717, 1.165) is 0 Å².